The molecule has 0 aliphatic carbocycles. The van der Waals surface area contributed by atoms with Gasteiger partial charge >= 0.3 is 0 Å². The van der Waals surface area contributed by atoms with E-state index >= 15 is 0 Å². The van der Waals surface area contributed by atoms with Gasteiger partial charge in [-0.15, -0.1) is 0 Å². The fourth-order valence-corrected chi connectivity index (χ4v) is 2.12. The number of piperazine rings is 1. The van der Waals surface area contributed by atoms with Crippen LogP contribution in [0.4, 0.5) is 0 Å². The average Bonchev–Trinajstić information content (AvgIpc) is 2.25. The third-order valence-electron chi connectivity index (χ3n) is 3.26. The fourth-order valence-electron chi connectivity index (χ4n) is 2.12. The van der Waals surface area contributed by atoms with E-state index < -0.39 is 0 Å². The number of allylic oxidation sites excluding steroid dienone is 1. The molecule has 0 radical (unpaired) electrons. The minimum atomic E-state index is 0.638. The molecule has 1 fully saturated rings. The smallest absolute Gasteiger partial charge is 0.0637 e. The van der Waals surface area contributed by atoms with Crippen molar-refractivity contribution in [3.63, 3.8) is 0 Å². The minimum Gasteiger partial charge on any atom is -0.383 e. The molecule has 1 aliphatic heterocycles. The van der Waals surface area contributed by atoms with Crippen molar-refractivity contribution >= 4 is 0 Å². The van der Waals surface area contributed by atoms with Crippen LogP contribution < -0.4 is 0 Å². The quantitative estimate of drug-likeness (QED) is 0.729. The molecule has 0 aromatic heterocycles. The third kappa shape index (κ3) is 3.49. The first-order valence-electron chi connectivity index (χ1n) is 6.20. The van der Waals surface area contributed by atoms with Crippen LogP contribution in [0.1, 0.15) is 27.7 Å². The molecule has 3 nitrogen and oxygen atoms in total. The number of hydrogen-bond donors (Lipinski definition) is 0. The van der Waals surface area contributed by atoms with E-state index in [2.05, 4.69) is 37.5 Å². The second-order valence-corrected chi connectivity index (χ2v) is 4.99. The van der Waals surface area contributed by atoms with Gasteiger partial charge in [-0.1, -0.05) is 5.57 Å². The molecule has 0 unspecified atom stereocenters. The molecule has 1 aliphatic rings. The van der Waals surface area contributed by atoms with Crippen LogP contribution in [0, 0.1) is 0 Å². The Morgan fingerprint density at radius 2 is 2.00 bits per heavy atom. The summed E-state index contributed by atoms with van der Waals surface area (Å²) in [6, 6.07) is 0.638. The lowest BCUT2D eigenvalue weighted by molar-refractivity contribution is 0.113. The number of rotatable bonds is 4. The zero-order chi connectivity index (χ0) is 12.1. The molecule has 0 N–H and O–H groups in total. The maximum atomic E-state index is 5.17. The summed E-state index contributed by atoms with van der Waals surface area (Å²) in [6.45, 7) is 14.2. The summed E-state index contributed by atoms with van der Waals surface area (Å²) in [5.74, 6) is 0. The van der Waals surface area contributed by atoms with Gasteiger partial charge in [-0.25, -0.2) is 0 Å². The molecule has 0 amide bonds. The van der Waals surface area contributed by atoms with E-state index in [1.54, 1.807) is 7.11 Å². The van der Waals surface area contributed by atoms with Crippen LogP contribution in [0.2, 0.25) is 0 Å². The Morgan fingerprint density at radius 3 is 2.50 bits per heavy atom. The molecule has 16 heavy (non-hydrogen) atoms. The predicted octanol–water partition coefficient (Wildman–Crippen LogP) is 1.95. The summed E-state index contributed by atoms with van der Waals surface area (Å²) in [5.41, 5.74) is 2.92. The lowest BCUT2D eigenvalue weighted by Crippen LogP contribution is -2.48. The highest BCUT2D eigenvalue weighted by molar-refractivity contribution is 5.13. The molecule has 0 saturated carbocycles. The summed E-state index contributed by atoms with van der Waals surface area (Å²) in [4.78, 5) is 5.00. The van der Waals surface area contributed by atoms with Crippen LogP contribution in [0.15, 0.2) is 11.3 Å². The number of hydrogen-bond acceptors (Lipinski definition) is 3. The Kier molecular flexibility index (Phi) is 5.29. The van der Waals surface area contributed by atoms with Gasteiger partial charge in [-0.05, 0) is 27.7 Å². The zero-order valence-corrected chi connectivity index (χ0v) is 11.4. The highest BCUT2D eigenvalue weighted by atomic mass is 16.5. The molecule has 1 heterocycles. The van der Waals surface area contributed by atoms with E-state index in [4.69, 9.17) is 4.74 Å². The van der Waals surface area contributed by atoms with Crippen molar-refractivity contribution in [2.24, 2.45) is 0 Å². The molecule has 0 spiro atoms. The Morgan fingerprint density at radius 1 is 1.31 bits per heavy atom. The second kappa shape index (κ2) is 6.26. The van der Waals surface area contributed by atoms with Gasteiger partial charge in [0, 0.05) is 45.0 Å². The van der Waals surface area contributed by atoms with Gasteiger partial charge in [0.05, 0.1) is 6.61 Å². The van der Waals surface area contributed by atoms with E-state index in [9.17, 15) is 0 Å². The third-order valence-corrected chi connectivity index (χ3v) is 3.26. The molecule has 0 atom stereocenters. The van der Waals surface area contributed by atoms with Crippen molar-refractivity contribution in [1.82, 2.24) is 9.80 Å². The second-order valence-electron chi connectivity index (χ2n) is 4.99. The Bertz CT molecular complexity index is 244. The topological polar surface area (TPSA) is 15.7 Å². The van der Waals surface area contributed by atoms with Gasteiger partial charge in [0.1, 0.15) is 0 Å². The molecule has 0 aromatic carbocycles. The summed E-state index contributed by atoms with van der Waals surface area (Å²) in [6.07, 6.45) is 0. The molecule has 0 aromatic rings. The monoisotopic (exact) mass is 226 g/mol. The lowest BCUT2D eigenvalue weighted by Gasteiger charge is -2.40. The van der Waals surface area contributed by atoms with Crippen molar-refractivity contribution in [2.45, 2.75) is 33.7 Å². The molecule has 1 saturated heterocycles. The highest BCUT2D eigenvalue weighted by Crippen LogP contribution is 2.18. The van der Waals surface area contributed by atoms with Crippen molar-refractivity contribution in [3.8, 4) is 0 Å². The van der Waals surface area contributed by atoms with Gasteiger partial charge in [0.25, 0.3) is 0 Å². The van der Waals surface area contributed by atoms with Gasteiger partial charge in [0.2, 0.25) is 0 Å². The summed E-state index contributed by atoms with van der Waals surface area (Å²) < 4.78 is 5.17. The minimum absolute atomic E-state index is 0.638. The Hall–Kier alpha value is -0.540. The first kappa shape index (κ1) is 13.5. The molecular formula is C13H26N2O. The van der Waals surface area contributed by atoms with Crippen molar-refractivity contribution < 1.29 is 4.74 Å². The Balaban J connectivity index is 2.65. The van der Waals surface area contributed by atoms with Crippen LogP contribution in [-0.4, -0.2) is 55.7 Å². The standard InChI is InChI=1S/C13H26N2O/c1-11(2)13-10-15(12(3)4)7-6-14(13)8-9-16-5/h12H,6-10H2,1-5H3. The van der Waals surface area contributed by atoms with Crippen LogP contribution in [0.3, 0.4) is 0 Å². The number of ether oxygens (including phenoxy) is 1. The Labute approximate surface area is 100 Å². The first-order chi connectivity index (χ1) is 7.56. The predicted molar refractivity (Wildman–Crippen MR) is 68.5 cm³/mol. The fraction of sp³-hybridized carbons (Fsp3) is 0.846. The van der Waals surface area contributed by atoms with Gasteiger partial charge < -0.3 is 9.64 Å². The first-order valence-corrected chi connectivity index (χ1v) is 6.20. The van der Waals surface area contributed by atoms with Gasteiger partial charge in [-0.3, -0.25) is 4.90 Å². The van der Waals surface area contributed by atoms with Crippen LogP contribution in [0.25, 0.3) is 0 Å². The van der Waals surface area contributed by atoms with Crippen molar-refractivity contribution in [3.05, 3.63) is 11.3 Å². The van der Waals surface area contributed by atoms with Crippen LogP contribution in [-0.2, 0) is 4.74 Å². The van der Waals surface area contributed by atoms with Gasteiger partial charge in [-0.2, -0.15) is 0 Å². The van der Waals surface area contributed by atoms with E-state index in [-0.39, 0.29) is 0 Å². The van der Waals surface area contributed by atoms with E-state index in [1.165, 1.54) is 11.3 Å². The van der Waals surface area contributed by atoms with Crippen molar-refractivity contribution in [2.75, 3.05) is 39.9 Å². The SMILES string of the molecule is COCCN1CCN(C(C)C)CC1=C(C)C. The number of methoxy groups -OCH3 is 1. The van der Waals surface area contributed by atoms with Gasteiger partial charge in [0.15, 0.2) is 0 Å². The normalized spacial score (nSPS) is 18.4. The average molecular weight is 226 g/mol. The molecule has 3 heteroatoms. The molecular weight excluding hydrogens is 200 g/mol. The van der Waals surface area contributed by atoms with E-state index in [0.717, 1.165) is 32.8 Å². The number of nitrogens with zero attached hydrogens (tertiary/aromatic N) is 2. The summed E-state index contributed by atoms with van der Waals surface area (Å²) in [7, 11) is 1.77. The molecule has 0 bridgehead atoms. The van der Waals surface area contributed by atoms with E-state index in [1.807, 2.05) is 0 Å². The summed E-state index contributed by atoms with van der Waals surface area (Å²) >= 11 is 0. The maximum Gasteiger partial charge on any atom is 0.0637 e. The van der Waals surface area contributed by atoms with E-state index in [0.29, 0.717) is 6.04 Å². The summed E-state index contributed by atoms with van der Waals surface area (Å²) in [5, 5.41) is 0. The highest BCUT2D eigenvalue weighted by Gasteiger charge is 2.22. The van der Waals surface area contributed by atoms with Crippen LogP contribution in [0.5, 0.6) is 0 Å². The molecule has 94 valence electrons. The molecule has 1 rings (SSSR count). The van der Waals surface area contributed by atoms with Crippen LogP contribution >= 0.6 is 0 Å². The maximum absolute atomic E-state index is 5.17. The lowest BCUT2D eigenvalue weighted by atomic mass is 10.1. The zero-order valence-electron chi connectivity index (χ0n) is 11.4. The van der Waals surface area contributed by atoms with Crippen molar-refractivity contribution in [1.29, 1.82) is 0 Å². The largest absolute Gasteiger partial charge is 0.383 e.